The molecule has 1 fully saturated rings. The van der Waals surface area contributed by atoms with Gasteiger partial charge in [0.1, 0.15) is 18.1 Å². The predicted molar refractivity (Wildman–Crippen MR) is 82.9 cm³/mol. The SMILES string of the molecule is CCOCC(=O)NC1CCc2onc(CN3CC[C@@H](O)C3)c2C1. The lowest BCUT2D eigenvalue weighted by atomic mass is 9.92. The molecule has 1 aliphatic heterocycles. The van der Waals surface area contributed by atoms with Crippen LogP contribution in [0, 0.1) is 0 Å². The maximum atomic E-state index is 11.8. The van der Waals surface area contributed by atoms with Gasteiger partial charge in [0.15, 0.2) is 0 Å². The zero-order chi connectivity index (χ0) is 16.2. The van der Waals surface area contributed by atoms with Crippen LogP contribution in [0.2, 0.25) is 0 Å². The van der Waals surface area contributed by atoms with Gasteiger partial charge in [-0.15, -0.1) is 0 Å². The topological polar surface area (TPSA) is 87.8 Å². The number of hydrogen-bond acceptors (Lipinski definition) is 6. The number of hydrogen-bond donors (Lipinski definition) is 2. The minimum absolute atomic E-state index is 0.0685. The van der Waals surface area contributed by atoms with Crippen molar-refractivity contribution >= 4 is 5.91 Å². The van der Waals surface area contributed by atoms with E-state index in [0.29, 0.717) is 19.7 Å². The Bertz CT molecular complexity index is 545. The number of β-amino-alcohol motifs (C(OH)–C–C–N with tert-alkyl or cyclic N) is 1. The van der Waals surface area contributed by atoms with Crippen LogP contribution in [0.4, 0.5) is 0 Å². The van der Waals surface area contributed by atoms with Gasteiger partial charge in [-0.1, -0.05) is 5.16 Å². The third-order valence-electron chi connectivity index (χ3n) is 4.54. The maximum Gasteiger partial charge on any atom is 0.246 e. The predicted octanol–water partition coefficient (Wildman–Crippen LogP) is 0.251. The molecule has 23 heavy (non-hydrogen) atoms. The van der Waals surface area contributed by atoms with Crippen LogP contribution in [0.1, 0.15) is 36.8 Å². The van der Waals surface area contributed by atoms with Crippen molar-refractivity contribution in [3.05, 3.63) is 17.0 Å². The van der Waals surface area contributed by atoms with E-state index < -0.39 is 0 Å². The number of aryl methyl sites for hydroxylation is 1. The number of rotatable bonds is 6. The fraction of sp³-hybridized carbons (Fsp3) is 0.750. The molecule has 1 aromatic rings. The quantitative estimate of drug-likeness (QED) is 0.780. The Morgan fingerprint density at radius 3 is 3.13 bits per heavy atom. The molecule has 2 aliphatic rings. The van der Waals surface area contributed by atoms with Crippen LogP contribution in [0.5, 0.6) is 0 Å². The number of fused-ring (bicyclic) bond motifs is 1. The Labute approximate surface area is 136 Å². The molecule has 0 aromatic carbocycles. The number of likely N-dealkylation sites (tertiary alicyclic amines) is 1. The van der Waals surface area contributed by atoms with Gasteiger partial charge in [0.25, 0.3) is 0 Å². The number of carbonyl (C=O) groups excluding carboxylic acids is 1. The molecule has 1 saturated heterocycles. The lowest BCUT2D eigenvalue weighted by molar-refractivity contribution is -0.126. The minimum Gasteiger partial charge on any atom is -0.392 e. The summed E-state index contributed by atoms with van der Waals surface area (Å²) in [5.41, 5.74) is 2.07. The van der Waals surface area contributed by atoms with Crippen LogP contribution < -0.4 is 5.32 Å². The second kappa shape index (κ2) is 7.42. The summed E-state index contributed by atoms with van der Waals surface area (Å²) in [5.74, 6) is 0.871. The minimum atomic E-state index is -0.233. The van der Waals surface area contributed by atoms with Gasteiger partial charge in [-0.3, -0.25) is 9.69 Å². The number of aromatic nitrogens is 1. The van der Waals surface area contributed by atoms with E-state index in [-0.39, 0.29) is 24.7 Å². The monoisotopic (exact) mass is 323 g/mol. The molecule has 0 saturated carbocycles. The summed E-state index contributed by atoms with van der Waals surface area (Å²) in [6.07, 6.45) is 2.99. The largest absolute Gasteiger partial charge is 0.392 e. The molecule has 2 heterocycles. The number of ether oxygens (including phenoxy) is 1. The smallest absolute Gasteiger partial charge is 0.246 e. The van der Waals surface area contributed by atoms with Gasteiger partial charge in [0.05, 0.1) is 6.10 Å². The van der Waals surface area contributed by atoms with E-state index in [9.17, 15) is 9.90 Å². The number of amides is 1. The number of carbonyl (C=O) groups is 1. The molecule has 1 unspecified atom stereocenters. The van der Waals surface area contributed by atoms with Crippen LogP contribution in [0.15, 0.2) is 4.52 Å². The summed E-state index contributed by atoms with van der Waals surface area (Å²) in [6.45, 7) is 4.81. The highest BCUT2D eigenvalue weighted by Crippen LogP contribution is 2.26. The van der Waals surface area contributed by atoms with Crippen molar-refractivity contribution in [2.24, 2.45) is 0 Å². The normalized spacial score (nSPS) is 24.6. The van der Waals surface area contributed by atoms with E-state index in [4.69, 9.17) is 9.26 Å². The lowest BCUT2D eigenvalue weighted by Gasteiger charge is -2.23. The van der Waals surface area contributed by atoms with E-state index in [1.807, 2.05) is 6.92 Å². The Morgan fingerprint density at radius 1 is 1.52 bits per heavy atom. The zero-order valence-electron chi connectivity index (χ0n) is 13.6. The number of aliphatic hydroxyl groups excluding tert-OH is 1. The fourth-order valence-corrected chi connectivity index (χ4v) is 3.34. The van der Waals surface area contributed by atoms with Crippen LogP contribution >= 0.6 is 0 Å². The summed E-state index contributed by atoms with van der Waals surface area (Å²) < 4.78 is 10.6. The number of nitrogens with one attached hydrogen (secondary N) is 1. The highest BCUT2D eigenvalue weighted by Gasteiger charge is 2.29. The van der Waals surface area contributed by atoms with Crippen molar-refractivity contribution in [1.82, 2.24) is 15.4 Å². The van der Waals surface area contributed by atoms with E-state index in [0.717, 1.165) is 49.2 Å². The Morgan fingerprint density at radius 2 is 2.39 bits per heavy atom. The van der Waals surface area contributed by atoms with Crippen LogP contribution in [0.3, 0.4) is 0 Å². The summed E-state index contributed by atoms with van der Waals surface area (Å²) in [7, 11) is 0. The second-order valence-electron chi connectivity index (χ2n) is 6.35. The molecule has 1 amide bonds. The van der Waals surface area contributed by atoms with Gasteiger partial charge >= 0.3 is 0 Å². The summed E-state index contributed by atoms with van der Waals surface area (Å²) in [5, 5.41) is 16.9. The Kier molecular flexibility index (Phi) is 5.30. The van der Waals surface area contributed by atoms with Gasteiger partial charge in [-0.05, 0) is 26.2 Å². The average Bonchev–Trinajstić information content (AvgIpc) is 3.12. The van der Waals surface area contributed by atoms with Crippen LogP contribution in [0.25, 0.3) is 0 Å². The first-order valence-corrected chi connectivity index (χ1v) is 8.39. The van der Waals surface area contributed by atoms with Crippen molar-refractivity contribution < 1.29 is 19.2 Å². The van der Waals surface area contributed by atoms with Gasteiger partial charge in [0, 0.05) is 44.3 Å². The van der Waals surface area contributed by atoms with Crippen molar-refractivity contribution in [1.29, 1.82) is 0 Å². The van der Waals surface area contributed by atoms with Crippen LogP contribution in [-0.4, -0.2) is 59.5 Å². The molecular formula is C16H25N3O4. The maximum absolute atomic E-state index is 11.8. The highest BCUT2D eigenvalue weighted by molar-refractivity contribution is 5.77. The third-order valence-corrected chi connectivity index (χ3v) is 4.54. The molecule has 7 heteroatoms. The third kappa shape index (κ3) is 4.10. The Balaban J connectivity index is 1.58. The van der Waals surface area contributed by atoms with Crippen molar-refractivity contribution in [2.75, 3.05) is 26.3 Å². The van der Waals surface area contributed by atoms with Crippen LogP contribution in [-0.2, 0) is 28.9 Å². The standard InChI is InChI=1S/C16H25N3O4/c1-2-22-10-16(21)17-11-3-4-15-13(7-11)14(18-23-15)9-19-6-5-12(20)8-19/h11-12,20H,2-10H2,1H3,(H,17,21)/t11?,12-/m1/s1. The molecule has 1 aromatic heterocycles. The van der Waals surface area contributed by atoms with E-state index in [2.05, 4.69) is 15.4 Å². The fourth-order valence-electron chi connectivity index (χ4n) is 3.34. The molecule has 2 atom stereocenters. The van der Waals surface area contributed by atoms with Gasteiger partial charge < -0.3 is 19.7 Å². The molecule has 1 aliphatic carbocycles. The molecule has 0 spiro atoms. The van der Waals surface area contributed by atoms with E-state index in [1.54, 1.807) is 0 Å². The zero-order valence-corrected chi connectivity index (χ0v) is 13.6. The lowest BCUT2D eigenvalue weighted by Crippen LogP contribution is -2.40. The van der Waals surface area contributed by atoms with Crippen molar-refractivity contribution in [3.63, 3.8) is 0 Å². The molecule has 3 rings (SSSR count). The highest BCUT2D eigenvalue weighted by atomic mass is 16.5. The molecular weight excluding hydrogens is 298 g/mol. The number of aliphatic hydroxyl groups is 1. The van der Waals surface area contributed by atoms with E-state index in [1.165, 1.54) is 0 Å². The van der Waals surface area contributed by atoms with Gasteiger partial charge in [-0.25, -0.2) is 0 Å². The first kappa shape index (κ1) is 16.4. The van der Waals surface area contributed by atoms with E-state index >= 15 is 0 Å². The van der Waals surface area contributed by atoms with Crippen molar-refractivity contribution in [3.8, 4) is 0 Å². The average molecular weight is 323 g/mol. The molecule has 0 radical (unpaired) electrons. The summed E-state index contributed by atoms with van der Waals surface area (Å²) in [4.78, 5) is 14.0. The molecule has 0 bridgehead atoms. The second-order valence-corrected chi connectivity index (χ2v) is 6.35. The first-order chi connectivity index (χ1) is 11.2. The Hall–Kier alpha value is -1.44. The van der Waals surface area contributed by atoms with Gasteiger partial charge in [-0.2, -0.15) is 0 Å². The molecule has 128 valence electrons. The number of nitrogens with zero attached hydrogens (tertiary/aromatic N) is 2. The molecule has 7 nitrogen and oxygen atoms in total. The van der Waals surface area contributed by atoms with Crippen molar-refractivity contribution in [2.45, 2.75) is 51.3 Å². The summed E-state index contributed by atoms with van der Waals surface area (Å²) >= 11 is 0. The molecule has 2 N–H and O–H groups in total. The summed E-state index contributed by atoms with van der Waals surface area (Å²) in [6, 6.07) is 0.109. The first-order valence-electron chi connectivity index (χ1n) is 8.39. The van der Waals surface area contributed by atoms with Gasteiger partial charge in [0.2, 0.25) is 5.91 Å².